The fourth-order valence-corrected chi connectivity index (χ4v) is 2.97. The zero-order valence-electron chi connectivity index (χ0n) is 9.88. The average molecular weight is 286 g/mol. The number of anilines is 1. The number of aryl methyl sites for hydroxylation is 2. The second-order valence-corrected chi connectivity index (χ2v) is 5.95. The molecular weight excluding hydrogens is 274 g/mol. The summed E-state index contributed by atoms with van der Waals surface area (Å²) >= 11 is 5.74. The molecule has 0 spiro atoms. The van der Waals surface area contributed by atoms with Crippen LogP contribution in [0.25, 0.3) is 0 Å². The first-order chi connectivity index (χ1) is 8.38. The maximum Gasteiger partial charge on any atom is 0.265 e. The lowest BCUT2D eigenvalue weighted by molar-refractivity contribution is 0.600. The highest BCUT2D eigenvalue weighted by Gasteiger charge is 2.19. The van der Waals surface area contributed by atoms with Crippen LogP contribution in [0, 0.1) is 6.92 Å². The van der Waals surface area contributed by atoms with E-state index in [1.54, 1.807) is 38.2 Å². The summed E-state index contributed by atoms with van der Waals surface area (Å²) in [5, 5.41) is 4.56. The van der Waals surface area contributed by atoms with Gasteiger partial charge in [-0.05, 0) is 31.2 Å². The molecule has 0 radical (unpaired) electrons. The van der Waals surface area contributed by atoms with Gasteiger partial charge in [0, 0.05) is 24.0 Å². The van der Waals surface area contributed by atoms with Gasteiger partial charge in [0.15, 0.2) is 0 Å². The van der Waals surface area contributed by atoms with Crippen LogP contribution in [-0.4, -0.2) is 18.2 Å². The summed E-state index contributed by atoms with van der Waals surface area (Å²) in [5.41, 5.74) is 0.918. The molecule has 96 valence electrons. The molecule has 0 atom stereocenters. The first-order valence-electron chi connectivity index (χ1n) is 5.17. The molecule has 5 nitrogen and oxygen atoms in total. The van der Waals surface area contributed by atoms with Crippen molar-refractivity contribution in [1.29, 1.82) is 0 Å². The number of hydrogen-bond acceptors (Lipinski definition) is 3. The van der Waals surface area contributed by atoms with E-state index >= 15 is 0 Å². The molecule has 1 aromatic carbocycles. The summed E-state index contributed by atoms with van der Waals surface area (Å²) in [6.07, 6.45) is 1.47. The number of halogens is 1. The molecule has 7 heteroatoms. The highest BCUT2D eigenvalue weighted by molar-refractivity contribution is 7.92. The van der Waals surface area contributed by atoms with Crippen LogP contribution >= 0.6 is 11.6 Å². The zero-order chi connectivity index (χ0) is 13.3. The Labute approximate surface area is 110 Å². The minimum atomic E-state index is -3.61. The Kier molecular flexibility index (Phi) is 3.32. The maximum atomic E-state index is 12.1. The largest absolute Gasteiger partial charge is 0.280 e. The SMILES string of the molecule is Cc1nn(C)cc1S(=O)(=O)Nc1ccc(Cl)cc1. The predicted octanol–water partition coefficient (Wildman–Crippen LogP) is 2.18. The normalized spacial score (nSPS) is 11.5. The van der Waals surface area contributed by atoms with Crippen molar-refractivity contribution in [3.05, 3.63) is 41.2 Å². The van der Waals surface area contributed by atoms with Gasteiger partial charge in [0.25, 0.3) is 10.0 Å². The van der Waals surface area contributed by atoms with Crippen molar-refractivity contribution in [2.45, 2.75) is 11.8 Å². The Hall–Kier alpha value is -1.53. The molecule has 2 aromatic rings. The molecule has 0 aliphatic heterocycles. The van der Waals surface area contributed by atoms with Crippen molar-refractivity contribution in [2.75, 3.05) is 4.72 Å². The van der Waals surface area contributed by atoms with E-state index in [0.29, 0.717) is 16.4 Å². The van der Waals surface area contributed by atoms with Crippen molar-refractivity contribution in [1.82, 2.24) is 9.78 Å². The van der Waals surface area contributed by atoms with E-state index in [1.165, 1.54) is 10.9 Å². The van der Waals surface area contributed by atoms with Crippen LogP contribution < -0.4 is 4.72 Å². The van der Waals surface area contributed by atoms with Crippen molar-refractivity contribution in [3.63, 3.8) is 0 Å². The molecule has 0 bridgehead atoms. The van der Waals surface area contributed by atoms with Crippen molar-refractivity contribution >= 4 is 27.3 Å². The van der Waals surface area contributed by atoms with Gasteiger partial charge in [-0.25, -0.2) is 8.42 Å². The van der Waals surface area contributed by atoms with Gasteiger partial charge in [-0.3, -0.25) is 9.40 Å². The number of aromatic nitrogens is 2. The van der Waals surface area contributed by atoms with Gasteiger partial charge in [-0.15, -0.1) is 0 Å². The fraction of sp³-hybridized carbons (Fsp3) is 0.182. The van der Waals surface area contributed by atoms with Crippen LogP contribution in [0.1, 0.15) is 5.69 Å². The van der Waals surface area contributed by atoms with E-state index < -0.39 is 10.0 Å². The molecule has 0 unspecified atom stereocenters. The first-order valence-corrected chi connectivity index (χ1v) is 7.03. The summed E-state index contributed by atoms with van der Waals surface area (Å²) in [4.78, 5) is 0.167. The van der Waals surface area contributed by atoms with E-state index in [2.05, 4.69) is 9.82 Å². The van der Waals surface area contributed by atoms with Crippen LogP contribution in [0.4, 0.5) is 5.69 Å². The molecule has 0 saturated heterocycles. The number of rotatable bonds is 3. The molecular formula is C11H12ClN3O2S. The van der Waals surface area contributed by atoms with Gasteiger partial charge in [0.2, 0.25) is 0 Å². The Morgan fingerprint density at radius 1 is 1.28 bits per heavy atom. The molecule has 18 heavy (non-hydrogen) atoms. The van der Waals surface area contributed by atoms with Crippen LogP contribution in [0.15, 0.2) is 35.4 Å². The molecule has 1 heterocycles. The Balaban J connectivity index is 2.33. The lowest BCUT2D eigenvalue weighted by Crippen LogP contribution is -2.13. The summed E-state index contributed by atoms with van der Waals surface area (Å²) in [6, 6.07) is 6.45. The average Bonchev–Trinajstić information content (AvgIpc) is 2.62. The Bertz CT molecular complexity index is 662. The summed E-state index contributed by atoms with van der Waals surface area (Å²) in [5.74, 6) is 0. The molecule has 1 N–H and O–H groups in total. The number of nitrogens with zero attached hydrogens (tertiary/aromatic N) is 2. The third-order valence-corrected chi connectivity index (χ3v) is 4.09. The van der Waals surface area contributed by atoms with Crippen LogP contribution in [0.3, 0.4) is 0 Å². The maximum absolute atomic E-state index is 12.1. The minimum Gasteiger partial charge on any atom is -0.280 e. The van der Waals surface area contributed by atoms with Crippen LogP contribution in [0.5, 0.6) is 0 Å². The van der Waals surface area contributed by atoms with Crippen LogP contribution in [0.2, 0.25) is 5.02 Å². The number of benzene rings is 1. The van der Waals surface area contributed by atoms with Gasteiger partial charge in [-0.1, -0.05) is 11.6 Å². The first kappa shape index (κ1) is 12.9. The highest BCUT2D eigenvalue weighted by Crippen LogP contribution is 2.19. The topological polar surface area (TPSA) is 64.0 Å². The van der Waals surface area contributed by atoms with Crippen molar-refractivity contribution in [3.8, 4) is 0 Å². The lowest BCUT2D eigenvalue weighted by atomic mass is 10.3. The van der Waals surface area contributed by atoms with Gasteiger partial charge in [0.1, 0.15) is 4.90 Å². The Morgan fingerprint density at radius 3 is 2.39 bits per heavy atom. The van der Waals surface area contributed by atoms with E-state index in [4.69, 9.17) is 11.6 Å². The zero-order valence-corrected chi connectivity index (χ0v) is 11.5. The summed E-state index contributed by atoms with van der Waals surface area (Å²) in [6.45, 7) is 1.65. The highest BCUT2D eigenvalue weighted by atomic mass is 35.5. The second kappa shape index (κ2) is 4.62. The standard InChI is InChI=1S/C11H12ClN3O2S/c1-8-11(7-15(2)13-8)18(16,17)14-10-5-3-9(12)4-6-10/h3-7,14H,1-2H3. The smallest absolute Gasteiger partial charge is 0.265 e. The Morgan fingerprint density at radius 2 is 1.89 bits per heavy atom. The molecule has 0 aliphatic carbocycles. The quantitative estimate of drug-likeness (QED) is 0.940. The summed E-state index contributed by atoms with van der Waals surface area (Å²) in [7, 11) is -1.94. The minimum absolute atomic E-state index is 0.167. The van der Waals surface area contributed by atoms with Gasteiger partial charge in [0.05, 0.1) is 5.69 Å². The van der Waals surface area contributed by atoms with E-state index in [0.717, 1.165) is 0 Å². The van der Waals surface area contributed by atoms with Crippen molar-refractivity contribution in [2.24, 2.45) is 7.05 Å². The molecule has 0 aliphatic rings. The third-order valence-electron chi connectivity index (χ3n) is 2.35. The van der Waals surface area contributed by atoms with Gasteiger partial charge in [-0.2, -0.15) is 5.10 Å². The van der Waals surface area contributed by atoms with E-state index in [9.17, 15) is 8.42 Å². The monoisotopic (exact) mass is 285 g/mol. The molecule has 0 fully saturated rings. The van der Waals surface area contributed by atoms with Crippen molar-refractivity contribution < 1.29 is 8.42 Å². The third kappa shape index (κ3) is 2.65. The number of hydrogen-bond donors (Lipinski definition) is 1. The van der Waals surface area contributed by atoms with Gasteiger partial charge < -0.3 is 0 Å². The molecule has 2 rings (SSSR count). The summed E-state index contributed by atoms with van der Waals surface area (Å²) < 4.78 is 28.2. The molecule has 0 saturated carbocycles. The van der Waals surface area contributed by atoms with Crippen LogP contribution in [-0.2, 0) is 17.1 Å². The number of sulfonamides is 1. The molecule has 0 amide bonds. The van der Waals surface area contributed by atoms with E-state index in [-0.39, 0.29) is 4.90 Å². The number of nitrogens with one attached hydrogen (secondary N) is 1. The van der Waals surface area contributed by atoms with Gasteiger partial charge >= 0.3 is 0 Å². The van der Waals surface area contributed by atoms with E-state index in [1.807, 2.05) is 0 Å². The predicted molar refractivity (Wildman–Crippen MR) is 70.2 cm³/mol. The fourth-order valence-electron chi connectivity index (χ4n) is 1.57. The lowest BCUT2D eigenvalue weighted by Gasteiger charge is -2.06. The molecule has 1 aromatic heterocycles. The second-order valence-electron chi connectivity index (χ2n) is 3.86.